The number of nitrogen functional groups attached to an aromatic ring is 1. The first-order chi connectivity index (χ1) is 17.2. The Bertz CT molecular complexity index is 1260. The van der Waals surface area contributed by atoms with Gasteiger partial charge < -0.3 is 25.1 Å². The number of nitrogens with two attached hydrogens (primary N) is 1. The number of halogens is 4. The van der Waals surface area contributed by atoms with E-state index in [1.165, 1.54) is 12.3 Å². The molecule has 3 aromatic rings. The Kier molecular flexibility index (Phi) is 6.45. The van der Waals surface area contributed by atoms with Gasteiger partial charge in [-0.25, -0.2) is 14.4 Å². The van der Waals surface area contributed by atoms with Crippen molar-refractivity contribution < 1.29 is 31.8 Å². The fourth-order valence-corrected chi connectivity index (χ4v) is 4.99. The smallest absolute Gasteiger partial charge is 0.406 e. The Labute approximate surface area is 203 Å². The highest BCUT2D eigenvalue weighted by Gasteiger charge is 2.33. The number of carbonyl (C=O) groups is 1. The molecule has 36 heavy (non-hydrogen) atoms. The lowest BCUT2D eigenvalue weighted by Gasteiger charge is -2.32. The van der Waals surface area contributed by atoms with Crippen LogP contribution in [0.2, 0.25) is 0 Å². The van der Waals surface area contributed by atoms with Gasteiger partial charge in [0.15, 0.2) is 5.65 Å². The van der Waals surface area contributed by atoms with E-state index in [9.17, 15) is 22.4 Å². The molecule has 2 aliphatic rings. The van der Waals surface area contributed by atoms with E-state index < -0.39 is 23.8 Å². The molecule has 3 N–H and O–H groups in total. The van der Waals surface area contributed by atoms with Crippen LogP contribution in [0.15, 0.2) is 24.4 Å². The summed E-state index contributed by atoms with van der Waals surface area (Å²) < 4.78 is 61.6. The van der Waals surface area contributed by atoms with E-state index in [4.69, 9.17) is 15.5 Å². The highest BCUT2D eigenvalue weighted by Crippen LogP contribution is 2.36. The first kappa shape index (κ1) is 24.3. The monoisotopic (exact) mass is 507 g/mol. The number of hydrogen-bond donors (Lipinski definition) is 2. The number of aromatic nitrogens is 3. The molecule has 12 heteroatoms. The lowest BCUT2D eigenvalue weighted by Crippen LogP contribution is -2.38. The number of ether oxygens (including phenoxy) is 2. The largest absolute Gasteiger partial charge is 0.573 e. The van der Waals surface area contributed by atoms with Gasteiger partial charge in [-0.2, -0.15) is 0 Å². The van der Waals surface area contributed by atoms with Crippen LogP contribution in [-0.2, 0) is 4.74 Å². The maximum Gasteiger partial charge on any atom is 0.573 e. The summed E-state index contributed by atoms with van der Waals surface area (Å²) in [7, 11) is 0. The van der Waals surface area contributed by atoms with Crippen LogP contribution in [0.3, 0.4) is 0 Å². The number of amides is 1. The van der Waals surface area contributed by atoms with Gasteiger partial charge in [-0.1, -0.05) is 0 Å². The summed E-state index contributed by atoms with van der Waals surface area (Å²) in [4.78, 5) is 26.7. The number of rotatable bonds is 4. The van der Waals surface area contributed by atoms with E-state index >= 15 is 0 Å². The van der Waals surface area contributed by atoms with Crippen LogP contribution < -0.4 is 10.5 Å². The predicted octanol–water partition coefficient (Wildman–Crippen LogP) is 4.49. The molecule has 192 valence electrons. The van der Waals surface area contributed by atoms with Gasteiger partial charge >= 0.3 is 6.36 Å². The van der Waals surface area contributed by atoms with Gasteiger partial charge in [0.1, 0.15) is 22.9 Å². The zero-order valence-corrected chi connectivity index (χ0v) is 19.3. The third-order valence-corrected chi connectivity index (χ3v) is 6.81. The van der Waals surface area contributed by atoms with Crippen LogP contribution >= 0.6 is 0 Å². The summed E-state index contributed by atoms with van der Waals surface area (Å²) >= 11 is 0. The molecule has 0 aliphatic carbocycles. The van der Waals surface area contributed by atoms with E-state index in [1.54, 1.807) is 4.90 Å². The van der Waals surface area contributed by atoms with Crippen LogP contribution in [-0.4, -0.2) is 58.4 Å². The fraction of sp³-hybridized carbons (Fsp3) is 0.458. The highest BCUT2D eigenvalue weighted by molar-refractivity contribution is 5.99. The maximum atomic E-state index is 15.0. The first-order valence-electron chi connectivity index (χ1n) is 11.8. The molecular weight excluding hydrogens is 482 g/mol. The van der Waals surface area contributed by atoms with Crippen LogP contribution in [0, 0.1) is 5.82 Å². The van der Waals surface area contributed by atoms with Gasteiger partial charge in [0, 0.05) is 49.5 Å². The molecule has 2 saturated heterocycles. The molecule has 8 nitrogen and oxygen atoms in total. The van der Waals surface area contributed by atoms with Crippen molar-refractivity contribution in [3.05, 3.63) is 47.2 Å². The molecule has 1 aromatic carbocycles. The van der Waals surface area contributed by atoms with Gasteiger partial charge in [0.25, 0.3) is 5.91 Å². The zero-order chi connectivity index (χ0) is 25.4. The molecule has 2 fully saturated rings. The topological polar surface area (TPSA) is 106 Å². The summed E-state index contributed by atoms with van der Waals surface area (Å²) in [6.45, 7) is 1.99. The number of H-pyrrole nitrogens is 1. The highest BCUT2D eigenvalue weighted by atomic mass is 19.4. The Balaban J connectivity index is 1.30. The lowest BCUT2D eigenvalue weighted by molar-refractivity contribution is -0.274. The molecule has 2 aromatic heterocycles. The van der Waals surface area contributed by atoms with Gasteiger partial charge in [-0.15, -0.1) is 13.2 Å². The molecular formula is C24H25F4N5O3. The number of piperidine rings is 1. The van der Waals surface area contributed by atoms with Crippen LogP contribution in [0.5, 0.6) is 5.75 Å². The van der Waals surface area contributed by atoms with Gasteiger partial charge in [-0.3, -0.25) is 4.79 Å². The lowest BCUT2D eigenvalue weighted by atomic mass is 9.88. The van der Waals surface area contributed by atoms with Crippen molar-refractivity contribution in [2.75, 3.05) is 32.0 Å². The fourth-order valence-electron chi connectivity index (χ4n) is 4.99. The molecule has 0 bridgehead atoms. The predicted molar refractivity (Wildman–Crippen MR) is 122 cm³/mol. The van der Waals surface area contributed by atoms with E-state index in [-0.39, 0.29) is 23.1 Å². The third kappa shape index (κ3) is 4.95. The molecule has 0 radical (unpaired) electrons. The molecule has 2 aliphatic heterocycles. The van der Waals surface area contributed by atoms with Crippen molar-refractivity contribution in [2.45, 2.75) is 43.9 Å². The number of benzene rings is 1. The van der Waals surface area contributed by atoms with Crippen molar-refractivity contribution in [1.29, 1.82) is 0 Å². The van der Waals surface area contributed by atoms with Crippen LogP contribution in [0.1, 0.15) is 59.3 Å². The Morgan fingerprint density at radius 2 is 1.86 bits per heavy atom. The number of likely N-dealkylation sites (tertiary alicyclic amines) is 1. The number of nitrogens with zero attached hydrogens (tertiary/aromatic N) is 3. The van der Waals surface area contributed by atoms with Crippen molar-refractivity contribution >= 4 is 22.8 Å². The number of anilines is 1. The molecule has 0 spiro atoms. The van der Waals surface area contributed by atoms with Crippen LogP contribution in [0.4, 0.5) is 23.2 Å². The molecule has 0 atom stereocenters. The second-order valence-electron chi connectivity index (χ2n) is 9.09. The normalized spacial score (nSPS) is 18.1. The summed E-state index contributed by atoms with van der Waals surface area (Å²) in [5.74, 6) is -0.486. The number of alkyl halides is 3. The average Bonchev–Trinajstić information content (AvgIpc) is 3.28. The molecule has 1 amide bonds. The minimum atomic E-state index is -4.85. The summed E-state index contributed by atoms with van der Waals surface area (Å²) in [5, 5.41) is 0. The van der Waals surface area contributed by atoms with E-state index in [2.05, 4.69) is 14.7 Å². The van der Waals surface area contributed by atoms with E-state index in [1.807, 2.05) is 0 Å². The second-order valence-corrected chi connectivity index (χ2v) is 9.09. The molecule has 4 heterocycles. The first-order valence-corrected chi connectivity index (χ1v) is 11.8. The van der Waals surface area contributed by atoms with Gasteiger partial charge in [0.2, 0.25) is 0 Å². The van der Waals surface area contributed by atoms with Gasteiger partial charge in [0.05, 0.1) is 11.8 Å². The quantitative estimate of drug-likeness (QED) is 0.398. The second kappa shape index (κ2) is 9.57. The number of nitrogens with one attached hydrogen (secondary N) is 1. The summed E-state index contributed by atoms with van der Waals surface area (Å²) in [6, 6.07) is 3.25. The Hall–Kier alpha value is -3.41. The number of pyridine rings is 1. The standard InChI is InChI=1S/C24H25F4N5O3/c25-17-12-30-22-20(31-21(32-22)14-5-9-35-10-6-14)19(17)13-3-7-33(8-4-13)23(34)16-2-1-15(11-18(16)29)36-24(26,27)28/h1-2,11-14H,3-10,29H2,(H,30,31,32). The maximum absolute atomic E-state index is 15.0. The van der Waals surface area contributed by atoms with Crippen LogP contribution in [0.25, 0.3) is 11.2 Å². The molecule has 5 rings (SSSR count). The minimum absolute atomic E-state index is 0.0915. The van der Waals surface area contributed by atoms with Gasteiger partial charge in [-0.05, 0) is 43.7 Å². The average molecular weight is 507 g/mol. The number of carbonyl (C=O) groups excluding carboxylic acids is 1. The van der Waals surface area contributed by atoms with Crippen molar-refractivity contribution in [1.82, 2.24) is 19.9 Å². The zero-order valence-electron chi connectivity index (χ0n) is 19.3. The van der Waals surface area contributed by atoms with Crippen molar-refractivity contribution in [3.63, 3.8) is 0 Å². The molecule has 0 saturated carbocycles. The minimum Gasteiger partial charge on any atom is -0.406 e. The number of hydrogen-bond acceptors (Lipinski definition) is 6. The molecule has 0 unspecified atom stereocenters. The number of aromatic amines is 1. The van der Waals surface area contributed by atoms with Crippen molar-refractivity contribution in [3.8, 4) is 5.75 Å². The Morgan fingerprint density at radius 3 is 2.53 bits per heavy atom. The van der Waals surface area contributed by atoms with E-state index in [0.717, 1.165) is 30.8 Å². The van der Waals surface area contributed by atoms with Crippen molar-refractivity contribution in [2.24, 2.45) is 0 Å². The number of fused-ring (bicyclic) bond motifs is 1. The SMILES string of the molecule is Nc1cc(OC(F)(F)F)ccc1C(=O)N1CCC(c2c(F)cnc3[nH]c(C4CCOCC4)nc23)CC1. The Morgan fingerprint density at radius 1 is 1.14 bits per heavy atom. The number of imidazole rings is 1. The summed E-state index contributed by atoms with van der Waals surface area (Å²) in [6.07, 6.45) is -0.984. The third-order valence-electron chi connectivity index (χ3n) is 6.81. The summed E-state index contributed by atoms with van der Waals surface area (Å²) in [5.41, 5.74) is 7.38. The van der Waals surface area contributed by atoms with E-state index in [0.29, 0.717) is 55.9 Å².